The Morgan fingerprint density at radius 2 is 2.12 bits per heavy atom. The van der Waals surface area contributed by atoms with Gasteiger partial charge in [0.1, 0.15) is 28.8 Å². The van der Waals surface area contributed by atoms with Crippen molar-refractivity contribution in [1.29, 1.82) is 10.5 Å². The number of hydrogen-bond acceptors (Lipinski definition) is 5. The Balaban J connectivity index is 2.74. The van der Waals surface area contributed by atoms with E-state index >= 15 is 0 Å². The molecule has 2 heterocycles. The Morgan fingerprint density at radius 1 is 1.35 bits per heavy atom. The number of hydrogen-bond donors (Lipinski definition) is 0. The van der Waals surface area contributed by atoms with E-state index < -0.39 is 11.2 Å². The molecule has 6 heteroatoms. The van der Waals surface area contributed by atoms with Crippen molar-refractivity contribution in [2.24, 2.45) is 0 Å². The minimum Gasteiger partial charge on any atom is -0.611 e. The number of nitriles is 2. The van der Waals surface area contributed by atoms with Crippen LogP contribution in [0.5, 0.6) is 0 Å². The maximum Gasteiger partial charge on any atom is 0.226 e. The lowest BCUT2D eigenvalue weighted by molar-refractivity contribution is 0.602. The quantitative estimate of drug-likeness (QED) is 0.793. The summed E-state index contributed by atoms with van der Waals surface area (Å²) in [6, 6.07) is 7.86. The third-order valence-corrected chi connectivity index (χ3v) is 5.57. The molecule has 2 rings (SSSR count). The summed E-state index contributed by atoms with van der Waals surface area (Å²) in [5.41, 5.74) is 0.995. The van der Waals surface area contributed by atoms with Gasteiger partial charge in [-0.2, -0.15) is 10.5 Å². The summed E-state index contributed by atoms with van der Waals surface area (Å²) in [5, 5.41) is 20.1. The lowest BCUT2D eigenvalue weighted by atomic mass is 10.1. The predicted molar refractivity (Wildman–Crippen MR) is 69.4 cm³/mol. The fraction of sp³-hybridized carbons (Fsp3) is 0.0909. The third kappa shape index (κ3) is 2.08. The van der Waals surface area contributed by atoms with Crippen LogP contribution in [0.15, 0.2) is 21.7 Å². The van der Waals surface area contributed by atoms with Gasteiger partial charge in [0, 0.05) is 10.4 Å². The minimum absolute atomic E-state index is 0.370. The van der Waals surface area contributed by atoms with E-state index in [2.05, 4.69) is 12.1 Å². The summed E-state index contributed by atoms with van der Waals surface area (Å²) < 4.78 is 12.0. The summed E-state index contributed by atoms with van der Waals surface area (Å²) >= 11 is 1.36. The number of rotatable bonds is 2. The summed E-state index contributed by atoms with van der Waals surface area (Å²) in [4.78, 5) is 1.32. The highest BCUT2D eigenvalue weighted by Gasteiger charge is 2.25. The molecular weight excluding hydrogens is 272 g/mol. The summed E-state index contributed by atoms with van der Waals surface area (Å²) in [6.45, 7) is 0. The maximum absolute atomic E-state index is 11.5. The van der Waals surface area contributed by atoms with Gasteiger partial charge in [0.25, 0.3) is 0 Å². The summed E-state index contributed by atoms with van der Waals surface area (Å²) in [6.07, 6.45) is 1.52. The molecule has 0 radical (unpaired) electrons. The molecule has 84 valence electrons. The monoisotopic (exact) mass is 278 g/mol. The number of nitrogens with zero attached hydrogens (tertiary/aromatic N) is 2. The van der Waals surface area contributed by atoms with Crippen molar-refractivity contribution in [2.75, 3.05) is 6.26 Å². The first-order chi connectivity index (χ1) is 8.19. The average Bonchev–Trinajstić information content (AvgIpc) is 2.94. The average molecular weight is 278 g/mol. The molecule has 3 nitrogen and oxygen atoms in total. The van der Waals surface area contributed by atoms with Crippen LogP contribution in [0.1, 0.15) is 10.4 Å². The highest BCUT2D eigenvalue weighted by atomic mass is 32.2. The van der Waals surface area contributed by atoms with Gasteiger partial charge in [-0.3, -0.25) is 0 Å². The lowest BCUT2D eigenvalue weighted by Crippen LogP contribution is -1.96. The van der Waals surface area contributed by atoms with Crippen LogP contribution >= 0.6 is 22.7 Å². The fourth-order valence-electron chi connectivity index (χ4n) is 1.45. The fourth-order valence-corrected chi connectivity index (χ4v) is 4.25. The van der Waals surface area contributed by atoms with Gasteiger partial charge in [0.2, 0.25) is 4.21 Å². The standard InChI is InChI=1S/C11H6N2OS3/c1-17(14)11-7(5-12)10(9(6-13)16-11)8-3-2-4-15-8/h2-4H,1H3. The normalized spacial score (nSPS) is 11.8. The SMILES string of the molecule is C[S+]([O-])c1sc(C#N)c(-c2cccs2)c1C#N. The molecule has 0 aliphatic rings. The van der Waals surface area contributed by atoms with Gasteiger partial charge >= 0.3 is 0 Å². The van der Waals surface area contributed by atoms with Gasteiger partial charge in [0.15, 0.2) is 0 Å². The zero-order valence-corrected chi connectivity index (χ0v) is 11.2. The summed E-state index contributed by atoms with van der Waals surface area (Å²) in [5.74, 6) is 0. The molecule has 0 aliphatic carbocycles. The topological polar surface area (TPSA) is 70.6 Å². The van der Waals surface area contributed by atoms with Gasteiger partial charge in [-0.25, -0.2) is 0 Å². The van der Waals surface area contributed by atoms with Crippen LogP contribution in [-0.2, 0) is 11.2 Å². The Kier molecular flexibility index (Phi) is 3.51. The largest absolute Gasteiger partial charge is 0.611 e. The zero-order valence-electron chi connectivity index (χ0n) is 8.76. The van der Waals surface area contributed by atoms with Crippen molar-refractivity contribution in [1.82, 2.24) is 0 Å². The van der Waals surface area contributed by atoms with Crippen molar-refractivity contribution < 1.29 is 4.55 Å². The van der Waals surface area contributed by atoms with Crippen LogP contribution in [-0.4, -0.2) is 10.8 Å². The van der Waals surface area contributed by atoms with Crippen LogP contribution in [0.2, 0.25) is 0 Å². The van der Waals surface area contributed by atoms with E-state index in [9.17, 15) is 9.81 Å². The van der Waals surface area contributed by atoms with Gasteiger partial charge in [-0.05, 0) is 22.6 Å². The molecule has 0 aliphatic heterocycles. The van der Waals surface area contributed by atoms with E-state index in [1.807, 2.05) is 17.5 Å². The molecular formula is C11H6N2OS3. The minimum atomic E-state index is -1.24. The van der Waals surface area contributed by atoms with E-state index in [1.165, 1.54) is 17.6 Å². The molecule has 0 spiro atoms. The van der Waals surface area contributed by atoms with E-state index in [0.717, 1.165) is 16.2 Å². The second-order valence-corrected chi connectivity index (χ2v) is 6.67. The highest BCUT2D eigenvalue weighted by molar-refractivity contribution is 7.92. The van der Waals surface area contributed by atoms with Gasteiger partial charge < -0.3 is 4.55 Å². The molecule has 0 saturated heterocycles. The van der Waals surface area contributed by atoms with Crippen LogP contribution in [0.3, 0.4) is 0 Å². The van der Waals surface area contributed by atoms with Crippen molar-refractivity contribution >= 4 is 33.8 Å². The molecule has 0 fully saturated rings. The molecule has 0 amide bonds. The zero-order chi connectivity index (χ0) is 12.4. The predicted octanol–water partition coefficient (Wildman–Crippen LogP) is 2.96. The first-order valence-electron chi connectivity index (χ1n) is 4.53. The Bertz CT molecular complexity index is 614. The summed E-state index contributed by atoms with van der Waals surface area (Å²) in [7, 11) is 0. The Hall–Kier alpha value is -1.31. The molecule has 1 atom stereocenters. The molecule has 0 N–H and O–H groups in total. The molecule has 0 aromatic carbocycles. The lowest BCUT2D eigenvalue weighted by Gasteiger charge is -2.00. The first kappa shape index (κ1) is 12.2. The van der Waals surface area contributed by atoms with Crippen molar-refractivity contribution in [3.8, 4) is 22.6 Å². The van der Waals surface area contributed by atoms with E-state index in [4.69, 9.17) is 5.26 Å². The van der Waals surface area contributed by atoms with Crippen LogP contribution in [0.25, 0.3) is 10.4 Å². The van der Waals surface area contributed by atoms with Gasteiger partial charge in [-0.15, -0.1) is 11.3 Å². The molecule has 17 heavy (non-hydrogen) atoms. The van der Waals surface area contributed by atoms with E-state index in [0.29, 0.717) is 20.2 Å². The second-order valence-electron chi connectivity index (χ2n) is 3.12. The van der Waals surface area contributed by atoms with Crippen LogP contribution in [0.4, 0.5) is 0 Å². The maximum atomic E-state index is 11.5. The van der Waals surface area contributed by atoms with Crippen molar-refractivity contribution in [3.63, 3.8) is 0 Å². The molecule has 0 bridgehead atoms. The second kappa shape index (κ2) is 4.91. The molecule has 0 saturated carbocycles. The molecule has 2 aromatic rings. The van der Waals surface area contributed by atoms with Crippen molar-refractivity contribution in [2.45, 2.75) is 4.21 Å². The Labute approximate surface area is 110 Å². The van der Waals surface area contributed by atoms with Gasteiger partial charge in [-0.1, -0.05) is 17.4 Å². The third-order valence-electron chi connectivity index (χ3n) is 2.12. The molecule has 2 aromatic heterocycles. The number of thiophene rings is 2. The van der Waals surface area contributed by atoms with Gasteiger partial charge in [0.05, 0.1) is 0 Å². The molecule has 1 unspecified atom stereocenters. The smallest absolute Gasteiger partial charge is 0.226 e. The van der Waals surface area contributed by atoms with Crippen LogP contribution < -0.4 is 0 Å². The van der Waals surface area contributed by atoms with Crippen LogP contribution in [0, 0.1) is 22.7 Å². The van der Waals surface area contributed by atoms with Crippen molar-refractivity contribution in [3.05, 3.63) is 28.0 Å². The first-order valence-corrected chi connectivity index (χ1v) is 7.78. The van der Waals surface area contributed by atoms with E-state index in [1.54, 1.807) is 0 Å². The van der Waals surface area contributed by atoms with E-state index in [-0.39, 0.29) is 0 Å². The highest BCUT2D eigenvalue weighted by Crippen LogP contribution is 2.40. The Morgan fingerprint density at radius 3 is 2.59 bits per heavy atom.